The summed E-state index contributed by atoms with van der Waals surface area (Å²) in [5, 5.41) is -0.439. The van der Waals surface area contributed by atoms with Crippen LogP contribution in [0.4, 0.5) is 13.2 Å². The highest BCUT2D eigenvalue weighted by Gasteiger charge is 2.51. The molecule has 0 unspecified atom stereocenters. The molecular weight excluding hydrogens is 315 g/mol. The van der Waals surface area contributed by atoms with Crippen LogP contribution in [0.1, 0.15) is 5.56 Å². The van der Waals surface area contributed by atoms with Crippen LogP contribution in [0, 0.1) is 0 Å². The number of halogens is 3. The van der Waals surface area contributed by atoms with Gasteiger partial charge in [0.05, 0.1) is 5.57 Å². The van der Waals surface area contributed by atoms with Crippen molar-refractivity contribution < 1.29 is 35.5 Å². The zero-order chi connectivity index (χ0) is 15.8. The molecule has 0 atom stereocenters. The average molecular weight is 321 g/mol. The lowest BCUT2D eigenvalue weighted by Gasteiger charge is -2.14. The Morgan fingerprint density at radius 2 is 1.62 bits per heavy atom. The van der Waals surface area contributed by atoms with Gasteiger partial charge < -0.3 is 0 Å². The summed E-state index contributed by atoms with van der Waals surface area (Å²) < 4.78 is 61.8. The maximum atomic E-state index is 12.2. The molecule has 2 amide bonds. The van der Waals surface area contributed by atoms with Gasteiger partial charge in [0.15, 0.2) is 0 Å². The van der Waals surface area contributed by atoms with E-state index in [1.807, 2.05) is 0 Å². The molecule has 1 heterocycles. The summed E-state index contributed by atoms with van der Waals surface area (Å²) in [5.41, 5.74) is -5.77. The quantitative estimate of drug-likeness (QED) is 0.618. The molecule has 0 fully saturated rings. The lowest BCUT2D eigenvalue weighted by Crippen LogP contribution is -2.38. The van der Waals surface area contributed by atoms with E-state index in [0.29, 0.717) is 6.08 Å². The van der Waals surface area contributed by atoms with Crippen LogP contribution in [-0.2, 0) is 24.0 Å². The molecule has 0 radical (unpaired) electrons. The molecule has 2 rings (SSSR count). The van der Waals surface area contributed by atoms with Crippen LogP contribution < -0.4 is 0 Å². The molecule has 1 aromatic rings. The van der Waals surface area contributed by atoms with Gasteiger partial charge in [-0.05, 0) is 5.56 Å². The number of hydroxylamine groups is 2. The van der Waals surface area contributed by atoms with E-state index in [4.69, 9.17) is 0 Å². The zero-order valence-electron chi connectivity index (χ0n) is 9.99. The van der Waals surface area contributed by atoms with Crippen LogP contribution >= 0.6 is 0 Å². The Morgan fingerprint density at radius 1 is 1.05 bits per heavy atom. The number of amides is 2. The predicted molar refractivity (Wildman–Crippen MR) is 62.3 cm³/mol. The van der Waals surface area contributed by atoms with Gasteiger partial charge in [0.25, 0.3) is 11.8 Å². The molecule has 1 aromatic carbocycles. The summed E-state index contributed by atoms with van der Waals surface area (Å²) in [6.07, 6.45) is 0.698. The molecular formula is C11H6F3NO5S. The highest BCUT2D eigenvalue weighted by atomic mass is 32.2. The minimum atomic E-state index is -6.10. The van der Waals surface area contributed by atoms with Crippen molar-refractivity contribution in [1.82, 2.24) is 5.06 Å². The lowest BCUT2D eigenvalue weighted by molar-refractivity contribution is -0.164. The van der Waals surface area contributed by atoms with Crippen LogP contribution in [0.3, 0.4) is 0 Å². The third kappa shape index (κ3) is 2.81. The van der Waals surface area contributed by atoms with E-state index in [0.717, 1.165) is 0 Å². The zero-order valence-corrected chi connectivity index (χ0v) is 10.8. The fourth-order valence-corrected chi connectivity index (χ4v) is 1.91. The highest BCUT2D eigenvalue weighted by molar-refractivity contribution is 7.87. The van der Waals surface area contributed by atoms with E-state index in [-0.39, 0.29) is 11.1 Å². The first kappa shape index (κ1) is 15.2. The molecule has 10 heteroatoms. The number of imide groups is 1. The van der Waals surface area contributed by atoms with E-state index in [9.17, 15) is 31.2 Å². The standard InChI is InChI=1S/C11H6F3NO5S/c12-11(13,14)21(18,19)20-15-9(16)6-8(10(15)17)7-4-2-1-3-5-7/h1-6H. The number of carbonyl (C=O) groups is 2. The minimum Gasteiger partial charge on any atom is -0.267 e. The minimum absolute atomic E-state index is 0.242. The van der Waals surface area contributed by atoms with Crippen molar-refractivity contribution in [2.45, 2.75) is 5.51 Å². The van der Waals surface area contributed by atoms with Gasteiger partial charge in [-0.25, -0.2) is 0 Å². The van der Waals surface area contributed by atoms with Gasteiger partial charge in [-0.15, -0.1) is 9.35 Å². The topological polar surface area (TPSA) is 80.8 Å². The van der Waals surface area contributed by atoms with Crippen molar-refractivity contribution in [2.24, 2.45) is 0 Å². The first-order valence-corrected chi connectivity index (χ1v) is 6.71. The Bertz CT molecular complexity index is 724. The van der Waals surface area contributed by atoms with Crippen molar-refractivity contribution in [3.05, 3.63) is 42.0 Å². The Labute approximate surface area is 116 Å². The molecule has 0 aromatic heterocycles. The summed E-state index contributed by atoms with van der Waals surface area (Å²) in [6.45, 7) is 0. The summed E-state index contributed by atoms with van der Waals surface area (Å²) in [6, 6.07) is 7.54. The van der Waals surface area contributed by atoms with Crippen molar-refractivity contribution in [3.8, 4) is 0 Å². The third-order valence-corrected chi connectivity index (χ3v) is 3.34. The van der Waals surface area contributed by atoms with Gasteiger partial charge in [0.1, 0.15) is 0 Å². The molecule has 0 saturated carbocycles. The van der Waals surface area contributed by atoms with Gasteiger partial charge in [0.2, 0.25) is 0 Å². The third-order valence-electron chi connectivity index (χ3n) is 2.42. The molecule has 0 aliphatic carbocycles. The molecule has 0 saturated heterocycles. The second kappa shape index (κ2) is 4.97. The highest BCUT2D eigenvalue weighted by Crippen LogP contribution is 2.29. The van der Waals surface area contributed by atoms with Crippen LogP contribution in [0.5, 0.6) is 0 Å². The molecule has 0 bridgehead atoms. The fraction of sp³-hybridized carbons (Fsp3) is 0.0909. The summed E-state index contributed by atoms with van der Waals surface area (Å²) in [5.74, 6) is -2.61. The molecule has 0 N–H and O–H groups in total. The first-order chi connectivity index (χ1) is 9.63. The summed E-state index contributed by atoms with van der Waals surface area (Å²) in [4.78, 5) is 23.2. The van der Waals surface area contributed by atoms with Crippen molar-refractivity contribution >= 4 is 27.5 Å². The lowest BCUT2D eigenvalue weighted by atomic mass is 10.1. The van der Waals surface area contributed by atoms with E-state index in [2.05, 4.69) is 4.28 Å². The van der Waals surface area contributed by atoms with Crippen molar-refractivity contribution in [3.63, 3.8) is 0 Å². The number of hydrogen-bond donors (Lipinski definition) is 0. The number of alkyl halides is 3. The van der Waals surface area contributed by atoms with Gasteiger partial charge in [-0.1, -0.05) is 30.3 Å². The Hall–Kier alpha value is -2.20. The first-order valence-electron chi connectivity index (χ1n) is 5.30. The predicted octanol–water partition coefficient (Wildman–Crippen LogP) is 1.22. The van der Waals surface area contributed by atoms with E-state index in [1.165, 1.54) is 24.3 Å². The van der Waals surface area contributed by atoms with Gasteiger partial charge >= 0.3 is 15.6 Å². The Morgan fingerprint density at radius 3 is 2.14 bits per heavy atom. The van der Waals surface area contributed by atoms with Crippen LogP contribution in [0.15, 0.2) is 36.4 Å². The van der Waals surface area contributed by atoms with Crippen LogP contribution in [-0.4, -0.2) is 30.8 Å². The number of benzene rings is 1. The van der Waals surface area contributed by atoms with Gasteiger partial charge in [-0.3, -0.25) is 9.59 Å². The van der Waals surface area contributed by atoms with Crippen LogP contribution in [0.25, 0.3) is 5.57 Å². The number of nitrogens with zero attached hydrogens (tertiary/aromatic N) is 1. The van der Waals surface area contributed by atoms with Crippen molar-refractivity contribution in [2.75, 3.05) is 0 Å². The Balaban J connectivity index is 2.28. The van der Waals surface area contributed by atoms with Crippen LogP contribution in [0.2, 0.25) is 0 Å². The Kier molecular flexibility index (Phi) is 3.59. The van der Waals surface area contributed by atoms with E-state index in [1.54, 1.807) is 6.07 Å². The molecule has 21 heavy (non-hydrogen) atoms. The fourth-order valence-electron chi connectivity index (χ4n) is 1.49. The molecule has 112 valence electrons. The average Bonchev–Trinajstić information content (AvgIpc) is 2.66. The molecule has 6 nitrogen and oxygen atoms in total. The number of hydrogen-bond acceptors (Lipinski definition) is 5. The number of carbonyl (C=O) groups excluding carboxylic acids is 2. The second-order valence-electron chi connectivity index (χ2n) is 3.84. The van der Waals surface area contributed by atoms with E-state index < -0.39 is 32.5 Å². The van der Waals surface area contributed by atoms with Gasteiger partial charge in [0, 0.05) is 6.08 Å². The summed E-state index contributed by atoms with van der Waals surface area (Å²) in [7, 11) is -6.10. The van der Waals surface area contributed by atoms with Crippen molar-refractivity contribution in [1.29, 1.82) is 0 Å². The van der Waals surface area contributed by atoms with Gasteiger partial charge in [-0.2, -0.15) is 21.6 Å². The maximum absolute atomic E-state index is 12.2. The normalized spacial score (nSPS) is 16.3. The SMILES string of the molecule is O=C1C=C(c2ccccc2)C(=O)N1OS(=O)(=O)C(F)(F)F. The monoisotopic (exact) mass is 321 g/mol. The second-order valence-corrected chi connectivity index (χ2v) is 5.36. The molecule has 0 spiro atoms. The maximum Gasteiger partial charge on any atom is 0.525 e. The van der Waals surface area contributed by atoms with E-state index >= 15 is 0 Å². The summed E-state index contributed by atoms with van der Waals surface area (Å²) >= 11 is 0. The molecule has 1 aliphatic heterocycles. The smallest absolute Gasteiger partial charge is 0.267 e. The number of rotatable bonds is 3. The molecule has 1 aliphatic rings. The largest absolute Gasteiger partial charge is 0.525 e.